The number of rotatable bonds is 4. The molecule has 0 saturated heterocycles. The highest BCUT2D eigenvalue weighted by Gasteiger charge is 2.32. The molecule has 0 unspecified atom stereocenters. The van der Waals surface area contributed by atoms with Crippen LogP contribution in [0, 0.1) is 0 Å². The van der Waals surface area contributed by atoms with Crippen molar-refractivity contribution in [1.29, 1.82) is 0 Å². The van der Waals surface area contributed by atoms with Crippen LogP contribution in [-0.4, -0.2) is 21.2 Å². The summed E-state index contributed by atoms with van der Waals surface area (Å²) in [4.78, 5) is 16.7. The first kappa shape index (κ1) is 19.2. The van der Waals surface area contributed by atoms with E-state index in [2.05, 4.69) is 0 Å². The van der Waals surface area contributed by atoms with Crippen molar-refractivity contribution in [3.63, 3.8) is 0 Å². The van der Waals surface area contributed by atoms with Gasteiger partial charge < -0.3 is 10.2 Å². The molecule has 0 fully saturated rings. The van der Waals surface area contributed by atoms with Gasteiger partial charge in [0.1, 0.15) is 5.56 Å². The Hall–Kier alpha value is -2.59. The van der Waals surface area contributed by atoms with E-state index in [9.17, 15) is 15.0 Å². The van der Waals surface area contributed by atoms with E-state index in [1.54, 1.807) is 24.3 Å². The van der Waals surface area contributed by atoms with Gasteiger partial charge in [-0.15, -0.1) is 0 Å². The van der Waals surface area contributed by atoms with Gasteiger partial charge in [0.05, 0.1) is 11.2 Å². The van der Waals surface area contributed by atoms with Crippen LogP contribution in [-0.2, 0) is 5.41 Å². The number of halogens is 1. The first-order chi connectivity index (χ1) is 12.6. The van der Waals surface area contributed by atoms with Gasteiger partial charge in [0, 0.05) is 15.8 Å². The Labute approximate surface area is 163 Å². The fourth-order valence-electron chi connectivity index (χ4n) is 3.42. The number of aromatic carboxylic acids is 1. The molecule has 0 saturated carbocycles. The Balaban J connectivity index is 2.39. The summed E-state index contributed by atoms with van der Waals surface area (Å²) in [6.07, 6.45) is 0. The predicted octanol–water partition coefficient (Wildman–Crippen LogP) is 5.74. The molecule has 2 aromatic carbocycles. The zero-order valence-corrected chi connectivity index (χ0v) is 16.5. The molecule has 0 aliphatic carbocycles. The molecule has 0 radical (unpaired) electrons. The molecular formula is C22H22ClNO3. The lowest BCUT2D eigenvalue weighted by Crippen LogP contribution is -2.22. The van der Waals surface area contributed by atoms with Crippen molar-refractivity contribution in [1.82, 2.24) is 4.98 Å². The lowest BCUT2D eigenvalue weighted by Gasteiger charge is -2.27. The van der Waals surface area contributed by atoms with Crippen molar-refractivity contribution >= 4 is 28.5 Å². The van der Waals surface area contributed by atoms with Crippen LogP contribution in [0.2, 0.25) is 5.02 Å². The molecule has 3 rings (SSSR count). The lowest BCUT2D eigenvalue weighted by molar-refractivity contribution is 0.0695. The highest BCUT2D eigenvalue weighted by atomic mass is 35.5. The Morgan fingerprint density at radius 2 is 1.74 bits per heavy atom. The van der Waals surface area contributed by atoms with Gasteiger partial charge in [-0.2, -0.15) is 0 Å². The molecule has 4 nitrogen and oxygen atoms in total. The van der Waals surface area contributed by atoms with E-state index in [0.717, 1.165) is 11.1 Å². The molecule has 0 spiro atoms. The zero-order chi connectivity index (χ0) is 19.9. The fourth-order valence-corrected chi connectivity index (χ4v) is 3.55. The van der Waals surface area contributed by atoms with E-state index >= 15 is 0 Å². The molecule has 1 aromatic heterocycles. The number of nitrogens with zero attached hydrogens (tertiary/aromatic N) is 1. The van der Waals surface area contributed by atoms with Crippen LogP contribution in [0.5, 0.6) is 5.75 Å². The summed E-state index contributed by atoms with van der Waals surface area (Å²) in [5.41, 5.74) is 1.95. The zero-order valence-electron chi connectivity index (χ0n) is 15.7. The highest BCUT2D eigenvalue weighted by Crippen LogP contribution is 2.41. The van der Waals surface area contributed by atoms with Crippen LogP contribution in [0.25, 0.3) is 10.9 Å². The highest BCUT2D eigenvalue weighted by molar-refractivity contribution is 6.30. The lowest BCUT2D eigenvalue weighted by atomic mass is 9.79. The second-order valence-corrected chi connectivity index (χ2v) is 7.96. The van der Waals surface area contributed by atoms with E-state index in [-0.39, 0.29) is 17.2 Å². The first-order valence-corrected chi connectivity index (χ1v) is 9.17. The minimum Gasteiger partial charge on any atom is -0.505 e. The Kier molecular flexibility index (Phi) is 4.87. The minimum atomic E-state index is -1.17. The number of para-hydroxylation sites is 1. The van der Waals surface area contributed by atoms with Gasteiger partial charge in [-0.05, 0) is 29.2 Å². The number of hydrogen-bond donors (Lipinski definition) is 2. The van der Waals surface area contributed by atoms with Crippen molar-refractivity contribution in [3.8, 4) is 5.75 Å². The van der Waals surface area contributed by atoms with Crippen molar-refractivity contribution in [3.05, 3.63) is 69.9 Å². The summed E-state index contributed by atoms with van der Waals surface area (Å²) < 4.78 is 0. The second-order valence-electron chi connectivity index (χ2n) is 7.52. The van der Waals surface area contributed by atoms with Gasteiger partial charge in [0.15, 0.2) is 5.75 Å². The molecule has 27 heavy (non-hydrogen) atoms. The molecule has 140 valence electrons. The van der Waals surface area contributed by atoms with Crippen LogP contribution in [0.1, 0.15) is 60.8 Å². The third-order valence-corrected chi connectivity index (χ3v) is 5.27. The van der Waals surface area contributed by atoms with E-state index in [1.165, 1.54) is 0 Å². The molecule has 1 heterocycles. The van der Waals surface area contributed by atoms with Gasteiger partial charge >= 0.3 is 5.97 Å². The van der Waals surface area contributed by atoms with Crippen molar-refractivity contribution in [2.24, 2.45) is 0 Å². The molecule has 0 bridgehead atoms. The third-order valence-electron chi connectivity index (χ3n) is 5.02. The number of fused-ring (bicyclic) bond motifs is 1. The van der Waals surface area contributed by atoms with E-state index in [4.69, 9.17) is 16.6 Å². The predicted molar refractivity (Wildman–Crippen MR) is 108 cm³/mol. The number of benzene rings is 2. The summed E-state index contributed by atoms with van der Waals surface area (Å²) in [5, 5.41) is 21.7. The second kappa shape index (κ2) is 6.86. The number of aromatic nitrogens is 1. The maximum atomic E-state index is 12.0. The van der Waals surface area contributed by atoms with Gasteiger partial charge in [0.2, 0.25) is 0 Å². The van der Waals surface area contributed by atoms with E-state index in [1.807, 2.05) is 45.9 Å². The molecule has 0 aliphatic rings. The van der Waals surface area contributed by atoms with Gasteiger partial charge in [-0.25, -0.2) is 9.78 Å². The Morgan fingerprint density at radius 3 is 2.30 bits per heavy atom. The summed E-state index contributed by atoms with van der Waals surface area (Å²) >= 11 is 6.00. The van der Waals surface area contributed by atoms with Crippen LogP contribution >= 0.6 is 11.6 Å². The fraction of sp³-hybridized carbons (Fsp3) is 0.273. The summed E-state index contributed by atoms with van der Waals surface area (Å²) in [5.74, 6) is -1.30. The summed E-state index contributed by atoms with van der Waals surface area (Å²) in [6, 6.07) is 12.7. The molecule has 3 aromatic rings. The average Bonchev–Trinajstić information content (AvgIpc) is 2.60. The number of carboxylic acids is 1. The number of carboxylic acid groups (broad SMARTS) is 1. The monoisotopic (exact) mass is 383 g/mol. The van der Waals surface area contributed by atoms with Gasteiger partial charge in [-0.1, -0.05) is 69.6 Å². The van der Waals surface area contributed by atoms with Crippen LogP contribution in [0.15, 0.2) is 42.5 Å². The van der Waals surface area contributed by atoms with Crippen molar-refractivity contribution in [2.45, 2.75) is 39.0 Å². The maximum Gasteiger partial charge on any atom is 0.340 e. The van der Waals surface area contributed by atoms with Crippen LogP contribution in [0.3, 0.4) is 0 Å². The topological polar surface area (TPSA) is 70.4 Å². The Morgan fingerprint density at radius 1 is 1.11 bits per heavy atom. The molecule has 0 aliphatic heterocycles. The smallest absolute Gasteiger partial charge is 0.340 e. The van der Waals surface area contributed by atoms with Gasteiger partial charge in [0.25, 0.3) is 0 Å². The SMILES string of the molecule is CC(C)c1cccc2c(C(=O)O)c(O)c(C(C)(C)c3ccc(Cl)cc3)nc12. The molecule has 0 atom stereocenters. The van der Waals surface area contributed by atoms with Gasteiger partial charge in [-0.3, -0.25) is 0 Å². The van der Waals surface area contributed by atoms with Crippen molar-refractivity contribution in [2.75, 3.05) is 0 Å². The van der Waals surface area contributed by atoms with Crippen LogP contribution in [0.4, 0.5) is 0 Å². The maximum absolute atomic E-state index is 12.0. The standard InChI is InChI=1S/C22H22ClNO3/c1-12(2)15-6-5-7-16-17(21(26)27)19(25)20(24-18(15)16)22(3,4)13-8-10-14(23)11-9-13/h5-12,25H,1-4H3,(H,26,27). The molecular weight excluding hydrogens is 362 g/mol. The normalized spacial score (nSPS) is 11.9. The molecule has 5 heteroatoms. The summed E-state index contributed by atoms with van der Waals surface area (Å²) in [7, 11) is 0. The first-order valence-electron chi connectivity index (χ1n) is 8.80. The summed E-state index contributed by atoms with van der Waals surface area (Å²) in [6.45, 7) is 7.89. The molecule has 2 N–H and O–H groups in total. The average molecular weight is 384 g/mol. The largest absolute Gasteiger partial charge is 0.505 e. The number of aromatic hydroxyl groups is 1. The van der Waals surface area contributed by atoms with Crippen LogP contribution < -0.4 is 0 Å². The molecule has 0 amide bonds. The Bertz CT molecular complexity index is 1020. The number of hydrogen-bond acceptors (Lipinski definition) is 3. The van der Waals surface area contributed by atoms with E-state index in [0.29, 0.717) is 21.6 Å². The number of pyridine rings is 1. The van der Waals surface area contributed by atoms with E-state index < -0.39 is 11.4 Å². The number of carbonyl (C=O) groups is 1. The minimum absolute atomic E-state index is 0.112. The quantitative estimate of drug-likeness (QED) is 0.602. The third kappa shape index (κ3) is 3.26. The van der Waals surface area contributed by atoms with Crippen molar-refractivity contribution < 1.29 is 15.0 Å².